The first-order valence-corrected chi connectivity index (χ1v) is 11.7. The highest BCUT2D eigenvalue weighted by molar-refractivity contribution is 6.03. The van der Waals surface area contributed by atoms with Gasteiger partial charge in [-0.15, -0.1) is 0 Å². The fourth-order valence-electron chi connectivity index (χ4n) is 5.15. The van der Waals surface area contributed by atoms with Crippen molar-refractivity contribution < 1.29 is 14.3 Å². The zero-order valence-electron chi connectivity index (χ0n) is 19.2. The van der Waals surface area contributed by atoms with E-state index < -0.39 is 5.54 Å². The SMILES string of the molecule is COc1ccc2cc3n(c2c1)CC(C)(C(=O)NC1CCCCC1)N(Cc1ccccn1)C3=O. The van der Waals surface area contributed by atoms with Crippen LogP contribution in [0, 0.1) is 0 Å². The van der Waals surface area contributed by atoms with Gasteiger partial charge in [-0.1, -0.05) is 25.3 Å². The molecule has 3 aromatic rings. The van der Waals surface area contributed by atoms with Gasteiger partial charge in [0, 0.05) is 23.7 Å². The standard InChI is InChI=1S/C26H30N4O3/c1-26(25(32)28-19-8-4-3-5-9-19)17-29-22-15-21(33-2)12-11-18(22)14-23(29)24(31)30(26)16-20-10-6-7-13-27-20/h6-7,10-15,19H,3-5,8-9,16-17H2,1-2H3,(H,28,32). The summed E-state index contributed by atoms with van der Waals surface area (Å²) in [5.74, 6) is 0.456. The number of ether oxygens (including phenoxy) is 1. The first-order valence-electron chi connectivity index (χ1n) is 11.7. The van der Waals surface area contributed by atoms with Crippen LogP contribution in [-0.4, -0.2) is 45.0 Å². The van der Waals surface area contributed by atoms with Gasteiger partial charge in [0.15, 0.2) is 0 Å². The molecule has 0 saturated heterocycles. The van der Waals surface area contributed by atoms with Crippen LogP contribution in [-0.2, 0) is 17.9 Å². The molecule has 2 aromatic heterocycles. The molecule has 0 spiro atoms. The Morgan fingerprint density at radius 1 is 1.18 bits per heavy atom. The Hall–Kier alpha value is -3.35. The number of hydrogen-bond donors (Lipinski definition) is 1. The summed E-state index contributed by atoms with van der Waals surface area (Å²) in [5.41, 5.74) is 1.19. The van der Waals surface area contributed by atoms with E-state index in [4.69, 9.17) is 4.74 Å². The van der Waals surface area contributed by atoms with Gasteiger partial charge in [-0.25, -0.2) is 0 Å². The molecule has 1 aliphatic carbocycles. The van der Waals surface area contributed by atoms with Gasteiger partial charge in [-0.3, -0.25) is 14.6 Å². The number of benzene rings is 1. The normalized spacial score (nSPS) is 21.2. The van der Waals surface area contributed by atoms with Crippen molar-refractivity contribution in [1.29, 1.82) is 0 Å². The number of nitrogens with one attached hydrogen (secondary N) is 1. The number of nitrogens with zero attached hydrogens (tertiary/aromatic N) is 3. The second kappa shape index (κ2) is 8.54. The van der Waals surface area contributed by atoms with Crippen LogP contribution in [0.3, 0.4) is 0 Å². The molecule has 1 atom stereocenters. The highest BCUT2D eigenvalue weighted by atomic mass is 16.5. The summed E-state index contributed by atoms with van der Waals surface area (Å²) in [7, 11) is 1.63. The van der Waals surface area contributed by atoms with Gasteiger partial charge in [0.25, 0.3) is 5.91 Å². The van der Waals surface area contributed by atoms with Crippen molar-refractivity contribution in [2.45, 2.75) is 63.7 Å². The summed E-state index contributed by atoms with van der Waals surface area (Å²) in [6.45, 7) is 2.52. The third-order valence-electron chi connectivity index (χ3n) is 7.11. The van der Waals surface area contributed by atoms with E-state index in [1.165, 1.54) is 6.42 Å². The summed E-state index contributed by atoms with van der Waals surface area (Å²) in [4.78, 5) is 33.7. The van der Waals surface area contributed by atoms with Crippen LogP contribution in [0.4, 0.5) is 0 Å². The minimum Gasteiger partial charge on any atom is -0.497 e. The molecule has 33 heavy (non-hydrogen) atoms. The second-order valence-electron chi connectivity index (χ2n) is 9.34. The van der Waals surface area contributed by atoms with Gasteiger partial charge in [-0.05, 0) is 50.1 Å². The van der Waals surface area contributed by atoms with E-state index in [0.717, 1.165) is 48.0 Å². The molecule has 5 rings (SSSR count). The summed E-state index contributed by atoms with van der Waals surface area (Å²) in [5, 5.41) is 4.22. The van der Waals surface area contributed by atoms with Crippen molar-refractivity contribution in [2.75, 3.05) is 7.11 Å². The summed E-state index contributed by atoms with van der Waals surface area (Å²) in [6, 6.07) is 13.5. The molecular weight excluding hydrogens is 416 g/mol. The van der Waals surface area contributed by atoms with Crippen LogP contribution in [0.5, 0.6) is 5.75 Å². The topological polar surface area (TPSA) is 76.5 Å². The number of hydrogen-bond acceptors (Lipinski definition) is 4. The lowest BCUT2D eigenvalue weighted by Gasteiger charge is -2.44. The van der Waals surface area contributed by atoms with Crippen LogP contribution in [0.1, 0.15) is 55.2 Å². The van der Waals surface area contributed by atoms with Crippen LogP contribution in [0.15, 0.2) is 48.7 Å². The fourth-order valence-corrected chi connectivity index (χ4v) is 5.15. The highest BCUT2D eigenvalue weighted by Gasteiger charge is 2.48. The largest absolute Gasteiger partial charge is 0.497 e. The number of rotatable bonds is 5. The molecule has 1 aliphatic heterocycles. The van der Waals surface area contributed by atoms with Crippen molar-refractivity contribution >= 4 is 22.7 Å². The highest BCUT2D eigenvalue weighted by Crippen LogP contribution is 2.35. The van der Waals surface area contributed by atoms with E-state index in [-0.39, 0.29) is 24.4 Å². The van der Waals surface area contributed by atoms with Gasteiger partial charge in [0.1, 0.15) is 17.0 Å². The quantitative estimate of drug-likeness (QED) is 0.645. The third kappa shape index (κ3) is 3.86. The van der Waals surface area contributed by atoms with Crippen LogP contribution < -0.4 is 10.1 Å². The maximum Gasteiger partial charge on any atom is 0.271 e. The molecular formula is C26H30N4O3. The Bertz CT molecular complexity index is 1180. The van der Waals surface area contributed by atoms with Crippen LogP contribution >= 0.6 is 0 Å². The molecule has 3 heterocycles. The summed E-state index contributed by atoms with van der Waals surface area (Å²) < 4.78 is 7.38. The Kier molecular flexibility index (Phi) is 5.56. The predicted molar refractivity (Wildman–Crippen MR) is 126 cm³/mol. The fraction of sp³-hybridized carbons (Fsp3) is 0.423. The van der Waals surface area contributed by atoms with E-state index in [1.807, 2.05) is 54.0 Å². The molecule has 1 saturated carbocycles. The van der Waals surface area contributed by atoms with Crippen molar-refractivity contribution in [3.63, 3.8) is 0 Å². The molecule has 7 nitrogen and oxygen atoms in total. The lowest BCUT2D eigenvalue weighted by atomic mass is 9.91. The Morgan fingerprint density at radius 2 is 2.00 bits per heavy atom. The lowest BCUT2D eigenvalue weighted by Crippen LogP contribution is -2.64. The number of methoxy groups -OCH3 is 1. The van der Waals surface area contributed by atoms with Gasteiger partial charge in [0.05, 0.1) is 31.4 Å². The average Bonchev–Trinajstić information content (AvgIpc) is 3.20. The van der Waals surface area contributed by atoms with E-state index >= 15 is 0 Å². The summed E-state index contributed by atoms with van der Waals surface area (Å²) >= 11 is 0. The molecule has 1 aromatic carbocycles. The molecule has 1 N–H and O–H groups in total. The molecule has 2 amide bonds. The Labute approximate surface area is 193 Å². The smallest absolute Gasteiger partial charge is 0.271 e. The lowest BCUT2D eigenvalue weighted by molar-refractivity contribution is -0.134. The number of aromatic nitrogens is 2. The maximum absolute atomic E-state index is 13.8. The van der Waals surface area contributed by atoms with Crippen molar-refractivity contribution in [1.82, 2.24) is 19.8 Å². The third-order valence-corrected chi connectivity index (χ3v) is 7.11. The Balaban J connectivity index is 1.56. The van der Waals surface area contributed by atoms with Crippen molar-refractivity contribution in [2.24, 2.45) is 0 Å². The summed E-state index contributed by atoms with van der Waals surface area (Å²) in [6.07, 6.45) is 7.17. The number of fused-ring (bicyclic) bond motifs is 3. The monoisotopic (exact) mass is 446 g/mol. The van der Waals surface area contributed by atoms with Crippen molar-refractivity contribution in [3.8, 4) is 5.75 Å². The molecule has 2 aliphatic rings. The number of pyridine rings is 1. The van der Waals surface area contributed by atoms with E-state index in [0.29, 0.717) is 12.2 Å². The molecule has 0 bridgehead atoms. The maximum atomic E-state index is 13.8. The number of amides is 2. The zero-order chi connectivity index (χ0) is 23.0. The Morgan fingerprint density at radius 3 is 2.73 bits per heavy atom. The number of carbonyl (C=O) groups excluding carboxylic acids is 2. The van der Waals surface area contributed by atoms with Gasteiger partial charge in [0.2, 0.25) is 5.91 Å². The van der Waals surface area contributed by atoms with Gasteiger partial charge >= 0.3 is 0 Å². The van der Waals surface area contributed by atoms with Gasteiger partial charge in [-0.2, -0.15) is 0 Å². The van der Waals surface area contributed by atoms with E-state index in [9.17, 15) is 9.59 Å². The molecule has 7 heteroatoms. The minimum absolute atomic E-state index is 0.103. The first-order chi connectivity index (χ1) is 16.0. The second-order valence-corrected chi connectivity index (χ2v) is 9.34. The van der Waals surface area contributed by atoms with Gasteiger partial charge < -0.3 is 19.5 Å². The zero-order valence-corrected chi connectivity index (χ0v) is 19.2. The van der Waals surface area contributed by atoms with Crippen LogP contribution in [0.25, 0.3) is 10.9 Å². The van der Waals surface area contributed by atoms with E-state index in [2.05, 4.69) is 10.3 Å². The molecule has 1 fully saturated rings. The molecule has 1 unspecified atom stereocenters. The first kappa shape index (κ1) is 21.5. The minimum atomic E-state index is -1.05. The average molecular weight is 447 g/mol. The predicted octanol–water partition coefficient (Wildman–Crippen LogP) is 3.91. The molecule has 172 valence electrons. The van der Waals surface area contributed by atoms with Crippen LogP contribution in [0.2, 0.25) is 0 Å². The van der Waals surface area contributed by atoms with E-state index in [1.54, 1.807) is 18.2 Å². The molecule has 0 radical (unpaired) electrons. The van der Waals surface area contributed by atoms with Crippen molar-refractivity contribution in [3.05, 3.63) is 60.0 Å². The number of carbonyl (C=O) groups is 2.